The molecule has 3 nitrogen and oxygen atoms in total. The van der Waals surface area contributed by atoms with Crippen molar-refractivity contribution in [2.45, 2.75) is 31.9 Å². The van der Waals surface area contributed by atoms with E-state index in [9.17, 15) is 9.50 Å². The van der Waals surface area contributed by atoms with Crippen molar-refractivity contribution in [3.63, 3.8) is 0 Å². The molecule has 1 aromatic carbocycles. The third-order valence-corrected chi connectivity index (χ3v) is 3.56. The fraction of sp³-hybridized carbons (Fsp3) is 0.571. The Morgan fingerprint density at radius 2 is 2.26 bits per heavy atom. The van der Waals surface area contributed by atoms with Crippen LogP contribution in [-0.4, -0.2) is 36.4 Å². The molecular formula is C14H20ClFN2O. The second-order valence-corrected chi connectivity index (χ2v) is 6.09. The number of aliphatic hydroxyl groups is 1. The third-order valence-electron chi connectivity index (χ3n) is 3.27. The van der Waals surface area contributed by atoms with E-state index in [0.717, 1.165) is 25.2 Å². The lowest BCUT2D eigenvalue weighted by atomic mass is 10.1. The van der Waals surface area contributed by atoms with Crippen LogP contribution in [0.5, 0.6) is 0 Å². The minimum Gasteiger partial charge on any atom is -0.389 e. The first-order chi connectivity index (χ1) is 8.87. The molecule has 1 saturated heterocycles. The first kappa shape index (κ1) is 14.6. The van der Waals surface area contributed by atoms with Crippen LogP contribution in [0.25, 0.3) is 0 Å². The average Bonchev–Trinajstić information content (AvgIpc) is 2.82. The van der Waals surface area contributed by atoms with E-state index in [1.54, 1.807) is 26.0 Å². The minimum absolute atomic E-state index is 0.115. The Balaban J connectivity index is 2.27. The molecule has 2 rings (SSSR count). The second-order valence-electron chi connectivity index (χ2n) is 5.69. The molecule has 0 spiro atoms. The molecule has 2 N–H and O–H groups in total. The first-order valence-corrected chi connectivity index (χ1v) is 6.89. The molecule has 0 aliphatic carbocycles. The topological polar surface area (TPSA) is 35.5 Å². The number of hydrogen-bond acceptors (Lipinski definition) is 3. The second kappa shape index (κ2) is 5.65. The molecular weight excluding hydrogens is 267 g/mol. The molecule has 0 unspecified atom stereocenters. The van der Waals surface area contributed by atoms with Crippen LogP contribution < -0.4 is 10.2 Å². The highest BCUT2D eigenvalue weighted by molar-refractivity contribution is 6.31. The van der Waals surface area contributed by atoms with Crippen LogP contribution in [0.4, 0.5) is 10.1 Å². The van der Waals surface area contributed by atoms with Gasteiger partial charge in [-0.15, -0.1) is 0 Å². The summed E-state index contributed by atoms with van der Waals surface area (Å²) in [7, 11) is 0. The molecule has 1 atom stereocenters. The quantitative estimate of drug-likeness (QED) is 0.892. The molecule has 0 amide bonds. The predicted molar refractivity (Wildman–Crippen MR) is 76.3 cm³/mol. The molecule has 0 bridgehead atoms. The average molecular weight is 287 g/mol. The van der Waals surface area contributed by atoms with Gasteiger partial charge >= 0.3 is 0 Å². The summed E-state index contributed by atoms with van der Waals surface area (Å²) in [5, 5.41) is 13.5. The maximum Gasteiger partial charge on any atom is 0.141 e. The van der Waals surface area contributed by atoms with Gasteiger partial charge in [0.25, 0.3) is 0 Å². The summed E-state index contributed by atoms with van der Waals surface area (Å²) in [4.78, 5) is 2.10. The van der Waals surface area contributed by atoms with Crippen LogP contribution in [0.2, 0.25) is 5.02 Å². The summed E-state index contributed by atoms with van der Waals surface area (Å²) in [6.07, 6.45) is 1.01. The van der Waals surface area contributed by atoms with Gasteiger partial charge in [-0.1, -0.05) is 11.6 Å². The molecule has 0 saturated carbocycles. The molecule has 1 fully saturated rings. The number of nitrogens with zero attached hydrogens (tertiary/aromatic N) is 1. The lowest BCUT2D eigenvalue weighted by molar-refractivity contribution is 0.0855. The Morgan fingerprint density at radius 1 is 1.53 bits per heavy atom. The molecule has 0 radical (unpaired) electrons. The summed E-state index contributed by atoms with van der Waals surface area (Å²) >= 11 is 5.86. The fourth-order valence-corrected chi connectivity index (χ4v) is 2.59. The Hall–Kier alpha value is -0.840. The summed E-state index contributed by atoms with van der Waals surface area (Å²) in [6.45, 7) is 5.86. The third kappa shape index (κ3) is 3.81. The highest BCUT2D eigenvalue weighted by Gasteiger charge is 2.27. The van der Waals surface area contributed by atoms with Gasteiger partial charge in [0.05, 0.1) is 10.6 Å². The fourth-order valence-electron chi connectivity index (χ4n) is 2.42. The Bertz CT molecular complexity index is 442. The predicted octanol–water partition coefficient (Wildman–Crippen LogP) is 2.42. The van der Waals surface area contributed by atoms with Crippen LogP contribution in [-0.2, 0) is 0 Å². The van der Waals surface area contributed by atoms with Gasteiger partial charge in [0.1, 0.15) is 5.82 Å². The Labute approximate surface area is 118 Å². The van der Waals surface area contributed by atoms with Gasteiger partial charge in [-0.05, 0) is 45.0 Å². The highest BCUT2D eigenvalue weighted by Crippen LogP contribution is 2.27. The zero-order valence-electron chi connectivity index (χ0n) is 11.3. The van der Waals surface area contributed by atoms with Crippen LogP contribution in [0.15, 0.2) is 18.2 Å². The van der Waals surface area contributed by atoms with Gasteiger partial charge in [0.2, 0.25) is 0 Å². The summed E-state index contributed by atoms with van der Waals surface area (Å²) in [5.74, 6) is -0.418. The molecule has 106 valence electrons. The molecule has 1 aliphatic heterocycles. The largest absolute Gasteiger partial charge is 0.389 e. The van der Waals surface area contributed by atoms with E-state index in [0.29, 0.717) is 12.6 Å². The molecule has 5 heteroatoms. The number of rotatable bonds is 4. The number of hydrogen-bond donors (Lipinski definition) is 2. The number of benzene rings is 1. The van der Waals surface area contributed by atoms with Crippen molar-refractivity contribution >= 4 is 17.3 Å². The highest BCUT2D eigenvalue weighted by atomic mass is 35.5. The normalized spacial score (nSPS) is 19.7. The van der Waals surface area contributed by atoms with E-state index in [4.69, 9.17) is 11.6 Å². The Morgan fingerprint density at radius 3 is 2.79 bits per heavy atom. The number of anilines is 1. The van der Waals surface area contributed by atoms with Crippen LogP contribution >= 0.6 is 11.6 Å². The van der Waals surface area contributed by atoms with E-state index in [2.05, 4.69) is 10.2 Å². The zero-order valence-corrected chi connectivity index (χ0v) is 12.0. The molecule has 0 aromatic heterocycles. The van der Waals surface area contributed by atoms with Crippen molar-refractivity contribution in [2.24, 2.45) is 0 Å². The van der Waals surface area contributed by atoms with Gasteiger partial charge in [-0.25, -0.2) is 4.39 Å². The molecule has 1 aliphatic rings. The van der Waals surface area contributed by atoms with Gasteiger partial charge in [-0.2, -0.15) is 0 Å². The van der Waals surface area contributed by atoms with E-state index >= 15 is 0 Å². The number of nitrogens with one attached hydrogen (secondary N) is 1. The lowest BCUT2D eigenvalue weighted by Crippen LogP contribution is -2.45. The monoisotopic (exact) mass is 286 g/mol. The summed E-state index contributed by atoms with van der Waals surface area (Å²) in [5.41, 5.74) is 0.0333. The van der Waals surface area contributed by atoms with Gasteiger partial charge in [0.15, 0.2) is 0 Å². The molecule has 19 heavy (non-hydrogen) atoms. The SMILES string of the molecule is CC(C)(O)CN(c1ccc(F)c(Cl)c1)[C@H]1CCNC1. The standard InChI is InChI=1S/C14H20ClFN2O/c1-14(2,19)9-18(11-5-6-17-8-11)10-3-4-13(16)12(15)7-10/h3-4,7,11,17,19H,5-6,8-9H2,1-2H3/t11-/m0/s1. The minimum atomic E-state index is -0.816. The van der Waals surface area contributed by atoms with Crippen molar-refractivity contribution < 1.29 is 9.50 Å². The summed E-state index contributed by atoms with van der Waals surface area (Å²) in [6, 6.07) is 5.01. The van der Waals surface area contributed by atoms with E-state index in [-0.39, 0.29) is 5.02 Å². The maximum atomic E-state index is 13.3. The smallest absolute Gasteiger partial charge is 0.141 e. The van der Waals surface area contributed by atoms with Gasteiger partial charge in [-0.3, -0.25) is 0 Å². The maximum absolute atomic E-state index is 13.3. The van der Waals surface area contributed by atoms with Crippen molar-refractivity contribution in [1.29, 1.82) is 0 Å². The Kier molecular flexibility index (Phi) is 4.33. The molecule has 1 aromatic rings. The molecule has 1 heterocycles. The number of halogens is 2. The van der Waals surface area contributed by atoms with Crippen LogP contribution in [0, 0.1) is 5.82 Å². The zero-order chi connectivity index (χ0) is 14.0. The van der Waals surface area contributed by atoms with Crippen molar-refractivity contribution in [2.75, 3.05) is 24.5 Å². The van der Waals surface area contributed by atoms with Crippen LogP contribution in [0.1, 0.15) is 20.3 Å². The lowest BCUT2D eigenvalue weighted by Gasteiger charge is -2.35. The van der Waals surface area contributed by atoms with E-state index in [1.165, 1.54) is 6.07 Å². The van der Waals surface area contributed by atoms with Gasteiger partial charge < -0.3 is 15.3 Å². The summed E-state index contributed by atoms with van der Waals surface area (Å²) < 4.78 is 13.3. The van der Waals surface area contributed by atoms with Crippen LogP contribution in [0.3, 0.4) is 0 Å². The van der Waals surface area contributed by atoms with E-state index in [1.807, 2.05) is 0 Å². The van der Waals surface area contributed by atoms with E-state index < -0.39 is 11.4 Å². The van der Waals surface area contributed by atoms with Gasteiger partial charge in [0, 0.05) is 24.8 Å². The van der Waals surface area contributed by atoms with Crippen molar-refractivity contribution in [3.05, 3.63) is 29.0 Å². The van der Waals surface area contributed by atoms with Crippen molar-refractivity contribution in [1.82, 2.24) is 5.32 Å². The van der Waals surface area contributed by atoms with Crippen molar-refractivity contribution in [3.8, 4) is 0 Å². The first-order valence-electron chi connectivity index (χ1n) is 6.51.